The fourth-order valence-electron chi connectivity index (χ4n) is 2.89. The molecule has 0 aliphatic rings. The molecule has 0 saturated heterocycles. The normalized spacial score (nSPS) is 10.7. The fraction of sp³-hybridized carbons (Fsp3) is 0.0476. The minimum Gasteiger partial charge on any atom is -0.347 e. The highest BCUT2D eigenvalue weighted by Crippen LogP contribution is 2.25. The van der Waals surface area contributed by atoms with E-state index in [1.54, 1.807) is 0 Å². The SMILES string of the molecule is O=C(NCc1ccccc1)c1nc2ccccn2c1-c1ccccc1. The lowest BCUT2D eigenvalue weighted by Gasteiger charge is -2.07. The van der Waals surface area contributed by atoms with Crippen molar-refractivity contribution in [3.63, 3.8) is 0 Å². The van der Waals surface area contributed by atoms with E-state index in [0.717, 1.165) is 22.5 Å². The number of benzene rings is 2. The molecule has 1 N–H and O–H groups in total. The van der Waals surface area contributed by atoms with E-state index in [0.29, 0.717) is 12.2 Å². The Hall–Kier alpha value is -3.40. The number of hydrogen-bond acceptors (Lipinski definition) is 2. The van der Waals surface area contributed by atoms with Crippen LogP contribution in [-0.4, -0.2) is 15.3 Å². The molecular formula is C21H17N3O. The van der Waals surface area contributed by atoms with Gasteiger partial charge in [-0.2, -0.15) is 0 Å². The molecule has 0 spiro atoms. The molecule has 0 aliphatic heterocycles. The largest absolute Gasteiger partial charge is 0.347 e. The zero-order chi connectivity index (χ0) is 17.1. The Kier molecular flexibility index (Phi) is 4.01. The standard InChI is InChI=1S/C21H17N3O/c25-21(22-15-16-9-3-1-4-10-16)19-20(17-11-5-2-6-12-17)24-14-8-7-13-18(24)23-19/h1-14H,15H2,(H,22,25). The van der Waals surface area contributed by atoms with Crippen LogP contribution in [0, 0.1) is 0 Å². The number of pyridine rings is 1. The first-order valence-corrected chi connectivity index (χ1v) is 8.17. The van der Waals surface area contributed by atoms with Crippen molar-refractivity contribution in [2.75, 3.05) is 0 Å². The van der Waals surface area contributed by atoms with E-state index in [4.69, 9.17) is 0 Å². The summed E-state index contributed by atoms with van der Waals surface area (Å²) < 4.78 is 1.95. The first-order chi connectivity index (χ1) is 12.3. The summed E-state index contributed by atoms with van der Waals surface area (Å²) in [6.07, 6.45) is 1.93. The summed E-state index contributed by atoms with van der Waals surface area (Å²) in [5, 5.41) is 2.97. The first kappa shape index (κ1) is 15.1. The zero-order valence-electron chi connectivity index (χ0n) is 13.6. The molecule has 1 amide bonds. The number of amides is 1. The predicted octanol–water partition coefficient (Wildman–Crippen LogP) is 3.93. The Balaban J connectivity index is 1.72. The first-order valence-electron chi connectivity index (χ1n) is 8.17. The van der Waals surface area contributed by atoms with Gasteiger partial charge in [-0.1, -0.05) is 66.7 Å². The van der Waals surface area contributed by atoms with Gasteiger partial charge >= 0.3 is 0 Å². The molecule has 4 aromatic rings. The van der Waals surface area contributed by atoms with Crippen LogP contribution in [-0.2, 0) is 6.54 Å². The molecule has 0 fully saturated rings. The van der Waals surface area contributed by atoms with Crippen molar-refractivity contribution in [1.29, 1.82) is 0 Å². The second-order valence-corrected chi connectivity index (χ2v) is 5.77. The average Bonchev–Trinajstić information content (AvgIpc) is 3.07. The van der Waals surface area contributed by atoms with Crippen molar-refractivity contribution in [3.8, 4) is 11.3 Å². The van der Waals surface area contributed by atoms with E-state index < -0.39 is 0 Å². The monoisotopic (exact) mass is 327 g/mol. The van der Waals surface area contributed by atoms with Gasteiger partial charge in [0.15, 0.2) is 5.69 Å². The predicted molar refractivity (Wildman–Crippen MR) is 98.2 cm³/mol. The molecule has 0 saturated carbocycles. The number of nitrogens with zero attached hydrogens (tertiary/aromatic N) is 2. The Labute approximate surface area is 145 Å². The van der Waals surface area contributed by atoms with Crippen LogP contribution < -0.4 is 5.32 Å². The van der Waals surface area contributed by atoms with Gasteiger partial charge in [0.1, 0.15) is 5.65 Å². The third-order valence-electron chi connectivity index (χ3n) is 4.09. The highest BCUT2D eigenvalue weighted by atomic mass is 16.1. The lowest BCUT2D eigenvalue weighted by atomic mass is 10.1. The smallest absolute Gasteiger partial charge is 0.272 e. The van der Waals surface area contributed by atoms with Crippen molar-refractivity contribution in [1.82, 2.24) is 14.7 Å². The zero-order valence-corrected chi connectivity index (χ0v) is 13.6. The average molecular weight is 327 g/mol. The number of carbonyl (C=O) groups excluding carboxylic acids is 1. The molecule has 4 rings (SSSR count). The van der Waals surface area contributed by atoms with Crippen LogP contribution in [0.3, 0.4) is 0 Å². The van der Waals surface area contributed by atoms with E-state index in [1.807, 2.05) is 89.5 Å². The van der Waals surface area contributed by atoms with Crippen LogP contribution in [0.2, 0.25) is 0 Å². The van der Waals surface area contributed by atoms with Crippen LogP contribution in [0.15, 0.2) is 85.1 Å². The van der Waals surface area contributed by atoms with E-state index in [-0.39, 0.29) is 5.91 Å². The quantitative estimate of drug-likeness (QED) is 0.617. The Morgan fingerprint density at radius 1 is 0.880 bits per heavy atom. The van der Waals surface area contributed by atoms with Gasteiger partial charge in [-0.25, -0.2) is 4.98 Å². The summed E-state index contributed by atoms with van der Waals surface area (Å²) in [6.45, 7) is 0.474. The summed E-state index contributed by atoms with van der Waals surface area (Å²) in [6, 6.07) is 25.5. The maximum absolute atomic E-state index is 12.8. The number of carbonyl (C=O) groups is 1. The number of hydrogen-bond donors (Lipinski definition) is 1. The molecule has 2 heterocycles. The summed E-state index contributed by atoms with van der Waals surface area (Å²) in [5.74, 6) is -0.175. The van der Waals surface area contributed by atoms with Crippen LogP contribution in [0.5, 0.6) is 0 Å². The van der Waals surface area contributed by atoms with Crippen LogP contribution in [0.1, 0.15) is 16.1 Å². The van der Waals surface area contributed by atoms with E-state index in [9.17, 15) is 4.79 Å². The molecule has 0 bridgehead atoms. The van der Waals surface area contributed by atoms with Crippen molar-refractivity contribution in [3.05, 3.63) is 96.3 Å². The van der Waals surface area contributed by atoms with Crippen molar-refractivity contribution < 1.29 is 4.79 Å². The fourth-order valence-corrected chi connectivity index (χ4v) is 2.89. The molecule has 2 aromatic heterocycles. The Morgan fingerprint density at radius 2 is 1.56 bits per heavy atom. The number of rotatable bonds is 4. The van der Waals surface area contributed by atoms with Crippen LogP contribution in [0.4, 0.5) is 0 Å². The molecule has 0 aliphatic carbocycles. The summed E-state index contributed by atoms with van der Waals surface area (Å²) >= 11 is 0. The molecule has 4 nitrogen and oxygen atoms in total. The Morgan fingerprint density at radius 3 is 2.32 bits per heavy atom. The number of aromatic nitrogens is 2. The molecule has 4 heteroatoms. The van der Waals surface area contributed by atoms with E-state index in [2.05, 4.69) is 10.3 Å². The summed E-state index contributed by atoms with van der Waals surface area (Å²) in [4.78, 5) is 17.3. The minimum absolute atomic E-state index is 0.175. The molecule has 122 valence electrons. The lowest BCUT2D eigenvalue weighted by Crippen LogP contribution is -2.23. The molecule has 0 atom stereocenters. The van der Waals surface area contributed by atoms with Gasteiger partial charge in [0, 0.05) is 18.3 Å². The maximum Gasteiger partial charge on any atom is 0.272 e. The van der Waals surface area contributed by atoms with Gasteiger partial charge in [0.05, 0.1) is 5.69 Å². The molecule has 25 heavy (non-hydrogen) atoms. The second kappa shape index (κ2) is 6.61. The number of imidazole rings is 1. The highest BCUT2D eigenvalue weighted by molar-refractivity contribution is 5.99. The van der Waals surface area contributed by atoms with Crippen molar-refractivity contribution in [2.45, 2.75) is 6.54 Å². The molecule has 0 unspecified atom stereocenters. The molecule has 2 aromatic carbocycles. The van der Waals surface area contributed by atoms with Gasteiger partial charge in [-0.3, -0.25) is 9.20 Å². The minimum atomic E-state index is -0.175. The maximum atomic E-state index is 12.8. The van der Waals surface area contributed by atoms with Gasteiger partial charge in [0.25, 0.3) is 5.91 Å². The van der Waals surface area contributed by atoms with Gasteiger partial charge in [-0.05, 0) is 17.7 Å². The summed E-state index contributed by atoms with van der Waals surface area (Å²) in [5.41, 5.74) is 4.02. The third-order valence-corrected chi connectivity index (χ3v) is 4.09. The topological polar surface area (TPSA) is 46.4 Å². The number of nitrogens with one attached hydrogen (secondary N) is 1. The van der Waals surface area contributed by atoms with Crippen LogP contribution >= 0.6 is 0 Å². The third kappa shape index (κ3) is 3.02. The molecule has 0 radical (unpaired) electrons. The number of fused-ring (bicyclic) bond motifs is 1. The van der Waals surface area contributed by atoms with Gasteiger partial charge in [-0.15, -0.1) is 0 Å². The summed E-state index contributed by atoms with van der Waals surface area (Å²) in [7, 11) is 0. The van der Waals surface area contributed by atoms with Crippen molar-refractivity contribution in [2.24, 2.45) is 0 Å². The highest BCUT2D eigenvalue weighted by Gasteiger charge is 2.19. The second-order valence-electron chi connectivity index (χ2n) is 5.77. The van der Waals surface area contributed by atoms with Gasteiger partial charge < -0.3 is 5.32 Å². The van der Waals surface area contributed by atoms with Gasteiger partial charge in [0.2, 0.25) is 0 Å². The van der Waals surface area contributed by atoms with Crippen LogP contribution in [0.25, 0.3) is 16.9 Å². The Bertz CT molecular complexity index is 1010. The molecular weight excluding hydrogens is 310 g/mol. The van der Waals surface area contributed by atoms with E-state index >= 15 is 0 Å². The van der Waals surface area contributed by atoms with E-state index in [1.165, 1.54) is 0 Å². The van der Waals surface area contributed by atoms with Crippen molar-refractivity contribution >= 4 is 11.6 Å². The lowest BCUT2D eigenvalue weighted by molar-refractivity contribution is 0.0947.